The molecule has 1 aromatic carbocycles. The minimum atomic E-state index is 0.660. The van der Waals surface area contributed by atoms with Gasteiger partial charge in [-0.05, 0) is 56.7 Å². The van der Waals surface area contributed by atoms with E-state index >= 15 is 0 Å². The Morgan fingerprint density at radius 3 is 2.95 bits per heavy atom. The van der Waals surface area contributed by atoms with Gasteiger partial charge in [0.2, 0.25) is 5.89 Å². The van der Waals surface area contributed by atoms with Crippen LogP contribution < -0.4 is 5.32 Å². The molecule has 1 atom stereocenters. The van der Waals surface area contributed by atoms with Gasteiger partial charge >= 0.3 is 0 Å². The van der Waals surface area contributed by atoms with Gasteiger partial charge in [0.25, 0.3) is 0 Å². The first kappa shape index (κ1) is 14.6. The minimum Gasteiger partial charge on any atom is -0.444 e. The zero-order valence-corrected chi connectivity index (χ0v) is 12.9. The Balaban J connectivity index is 1.62. The topological polar surface area (TPSA) is 41.3 Å². The maximum absolute atomic E-state index is 5.89. The second-order valence-corrected chi connectivity index (χ2v) is 6.03. The van der Waals surface area contributed by atoms with Crippen LogP contribution in [0.5, 0.6) is 0 Å². The Labute approximate surface area is 130 Å². The number of hydrogen-bond acceptors (Lipinski definition) is 4. The van der Waals surface area contributed by atoms with E-state index in [4.69, 9.17) is 16.0 Å². The fraction of sp³-hybridized carbons (Fsp3) is 0.438. The van der Waals surface area contributed by atoms with Crippen LogP contribution in [0.4, 0.5) is 0 Å². The van der Waals surface area contributed by atoms with E-state index in [0.29, 0.717) is 5.89 Å². The third-order valence-corrected chi connectivity index (χ3v) is 4.14. The van der Waals surface area contributed by atoms with Crippen molar-refractivity contribution >= 4 is 11.6 Å². The molecule has 5 heteroatoms. The maximum Gasteiger partial charge on any atom is 0.226 e. The number of aromatic nitrogens is 1. The highest BCUT2D eigenvalue weighted by molar-refractivity contribution is 6.30. The summed E-state index contributed by atoms with van der Waals surface area (Å²) in [6.07, 6.45) is 3.01. The first-order valence-electron chi connectivity index (χ1n) is 7.32. The lowest BCUT2D eigenvalue weighted by molar-refractivity contribution is 0.311. The third kappa shape index (κ3) is 3.64. The minimum absolute atomic E-state index is 0.660. The van der Waals surface area contributed by atoms with E-state index < -0.39 is 0 Å². The van der Waals surface area contributed by atoms with Crippen molar-refractivity contribution in [1.82, 2.24) is 15.2 Å². The number of halogens is 1. The van der Waals surface area contributed by atoms with Gasteiger partial charge in [0.05, 0.1) is 5.69 Å². The molecule has 1 fully saturated rings. The van der Waals surface area contributed by atoms with Gasteiger partial charge in [-0.25, -0.2) is 4.98 Å². The summed E-state index contributed by atoms with van der Waals surface area (Å²) in [5.41, 5.74) is 1.95. The standard InChI is InChI=1S/C16H20ClN3O/c1-18-8-12-6-7-20(9-12)10-15-11-21-16(19-15)13-2-4-14(17)5-3-13/h2-5,11-12,18H,6-10H2,1H3. The van der Waals surface area contributed by atoms with Crippen LogP contribution in [-0.2, 0) is 6.54 Å². The summed E-state index contributed by atoms with van der Waals surface area (Å²) in [6.45, 7) is 4.21. The Morgan fingerprint density at radius 1 is 1.38 bits per heavy atom. The molecule has 1 N–H and O–H groups in total. The van der Waals surface area contributed by atoms with Gasteiger partial charge in [-0.3, -0.25) is 4.90 Å². The van der Waals surface area contributed by atoms with Crippen molar-refractivity contribution in [3.05, 3.63) is 41.2 Å². The first-order valence-corrected chi connectivity index (χ1v) is 7.69. The second-order valence-electron chi connectivity index (χ2n) is 5.60. The van der Waals surface area contributed by atoms with E-state index in [-0.39, 0.29) is 0 Å². The number of hydrogen-bond donors (Lipinski definition) is 1. The van der Waals surface area contributed by atoms with E-state index in [1.807, 2.05) is 31.3 Å². The zero-order valence-electron chi connectivity index (χ0n) is 12.2. The van der Waals surface area contributed by atoms with Gasteiger partial charge in [-0.2, -0.15) is 0 Å². The van der Waals surface area contributed by atoms with E-state index in [9.17, 15) is 0 Å². The van der Waals surface area contributed by atoms with E-state index in [0.717, 1.165) is 48.4 Å². The van der Waals surface area contributed by atoms with Crippen LogP contribution in [0.1, 0.15) is 12.1 Å². The highest BCUT2D eigenvalue weighted by atomic mass is 35.5. The van der Waals surface area contributed by atoms with Crippen molar-refractivity contribution < 1.29 is 4.42 Å². The number of nitrogens with one attached hydrogen (secondary N) is 1. The predicted octanol–water partition coefficient (Wildman–Crippen LogP) is 3.04. The lowest BCUT2D eigenvalue weighted by atomic mass is 10.1. The van der Waals surface area contributed by atoms with Gasteiger partial charge < -0.3 is 9.73 Å². The highest BCUT2D eigenvalue weighted by Gasteiger charge is 2.22. The summed E-state index contributed by atoms with van der Waals surface area (Å²) in [5.74, 6) is 1.41. The molecule has 1 aliphatic rings. The molecule has 1 unspecified atom stereocenters. The Kier molecular flexibility index (Phi) is 4.58. The quantitative estimate of drug-likeness (QED) is 0.922. The number of nitrogens with zero attached hydrogens (tertiary/aromatic N) is 2. The van der Waals surface area contributed by atoms with Crippen molar-refractivity contribution in [3.8, 4) is 11.5 Å². The lowest BCUT2D eigenvalue weighted by Crippen LogP contribution is -2.24. The molecule has 3 rings (SSSR count). The third-order valence-electron chi connectivity index (χ3n) is 3.89. The summed E-state index contributed by atoms with van der Waals surface area (Å²) < 4.78 is 5.58. The lowest BCUT2D eigenvalue weighted by Gasteiger charge is -2.13. The number of benzene rings is 1. The fourth-order valence-electron chi connectivity index (χ4n) is 2.85. The molecule has 21 heavy (non-hydrogen) atoms. The number of likely N-dealkylation sites (tertiary alicyclic amines) is 1. The van der Waals surface area contributed by atoms with E-state index in [1.54, 1.807) is 6.26 Å². The average molecular weight is 306 g/mol. The van der Waals surface area contributed by atoms with Crippen LogP contribution in [0, 0.1) is 5.92 Å². The molecule has 0 spiro atoms. The first-order chi connectivity index (χ1) is 10.2. The predicted molar refractivity (Wildman–Crippen MR) is 84.3 cm³/mol. The summed E-state index contributed by atoms with van der Waals surface area (Å²) in [4.78, 5) is 7.01. The van der Waals surface area contributed by atoms with Crippen molar-refractivity contribution in [2.75, 3.05) is 26.7 Å². The van der Waals surface area contributed by atoms with Crippen molar-refractivity contribution in [3.63, 3.8) is 0 Å². The Morgan fingerprint density at radius 2 is 2.19 bits per heavy atom. The van der Waals surface area contributed by atoms with Gasteiger partial charge in [0.15, 0.2) is 0 Å². The smallest absolute Gasteiger partial charge is 0.226 e. The highest BCUT2D eigenvalue weighted by Crippen LogP contribution is 2.23. The van der Waals surface area contributed by atoms with Crippen molar-refractivity contribution in [1.29, 1.82) is 0 Å². The molecule has 2 aromatic rings. The van der Waals surface area contributed by atoms with E-state index in [2.05, 4.69) is 15.2 Å². The summed E-state index contributed by atoms with van der Waals surface area (Å²) in [5, 5.41) is 3.97. The van der Waals surface area contributed by atoms with Crippen molar-refractivity contribution in [2.24, 2.45) is 5.92 Å². The van der Waals surface area contributed by atoms with Crippen LogP contribution in [0.25, 0.3) is 11.5 Å². The molecule has 2 heterocycles. The maximum atomic E-state index is 5.89. The number of rotatable bonds is 5. The van der Waals surface area contributed by atoms with Gasteiger partial charge in [-0.15, -0.1) is 0 Å². The molecule has 1 aliphatic heterocycles. The largest absolute Gasteiger partial charge is 0.444 e. The molecule has 4 nitrogen and oxygen atoms in total. The summed E-state index contributed by atoms with van der Waals surface area (Å²) in [6, 6.07) is 7.56. The van der Waals surface area contributed by atoms with Crippen molar-refractivity contribution in [2.45, 2.75) is 13.0 Å². The molecule has 0 bridgehead atoms. The summed E-state index contributed by atoms with van der Waals surface area (Å²) >= 11 is 5.89. The molecular weight excluding hydrogens is 286 g/mol. The molecule has 0 amide bonds. The molecule has 1 aromatic heterocycles. The Bertz CT molecular complexity index is 581. The SMILES string of the molecule is CNCC1CCN(Cc2coc(-c3ccc(Cl)cc3)n2)C1. The molecule has 1 saturated heterocycles. The van der Waals surface area contributed by atoms with Crippen LogP contribution >= 0.6 is 11.6 Å². The van der Waals surface area contributed by atoms with Gasteiger partial charge in [0.1, 0.15) is 6.26 Å². The van der Waals surface area contributed by atoms with E-state index in [1.165, 1.54) is 6.42 Å². The fourth-order valence-corrected chi connectivity index (χ4v) is 2.97. The summed E-state index contributed by atoms with van der Waals surface area (Å²) in [7, 11) is 2.01. The Hall–Kier alpha value is -1.36. The van der Waals surface area contributed by atoms with Crippen LogP contribution in [-0.4, -0.2) is 36.6 Å². The van der Waals surface area contributed by atoms with Gasteiger partial charge in [0, 0.05) is 23.7 Å². The molecule has 112 valence electrons. The normalized spacial score (nSPS) is 19.2. The van der Waals surface area contributed by atoms with Crippen LogP contribution in [0.2, 0.25) is 5.02 Å². The average Bonchev–Trinajstić information content (AvgIpc) is 3.11. The van der Waals surface area contributed by atoms with Crippen LogP contribution in [0.3, 0.4) is 0 Å². The monoisotopic (exact) mass is 305 g/mol. The molecule has 0 radical (unpaired) electrons. The van der Waals surface area contributed by atoms with Gasteiger partial charge in [-0.1, -0.05) is 11.6 Å². The zero-order chi connectivity index (χ0) is 14.7. The molecule has 0 saturated carbocycles. The molecule has 0 aliphatic carbocycles. The molecular formula is C16H20ClN3O. The second kappa shape index (κ2) is 6.60. The number of oxazole rings is 1. The van der Waals surface area contributed by atoms with Crippen LogP contribution in [0.15, 0.2) is 34.9 Å².